The van der Waals surface area contributed by atoms with E-state index in [-0.39, 0.29) is 18.4 Å². The van der Waals surface area contributed by atoms with Crippen molar-refractivity contribution < 1.29 is 18.0 Å². The Morgan fingerprint density at radius 3 is 2.50 bits per heavy atom. The van der Waals surface area contributed by atoms with Gasteiger partial charge in [0.1, 0.15) is 6.54 Å². The van der Waals surface area contributed by atoms with Crippen LogP contribution in [-0.2, 0) is 11.3 Å². The molecule has 122 valence electrons. The summed E-state index contributed by atoms with van der Waals surface area (Å²) >= 11 is 0. The van der Waals surface area contributed by atoms with Crippen molar-refractivity contribution in [1.82, 2.24) is 15.1 Å². The molecular formula is C14H19F3N4O. The van der Waals surface area contributed by atoms with Gasteiger partial charge in [-0.1, -0.05) is 0 Å². The normalized spacial score (nSPS) is 14.3. The molecule has 0 saturated carbocycles. The Hall–Kier alpha value is -2.04. The first-order chi connectivity index (χ1) is 10.1. The molecule has 1 amide bonds. The van der Waals surface area contributed by atoms with E-state index in [1.807, 2.05) is 6.07 Å². The summed E-state index contributed by atoms with van der Waals surface area (Å²) in [5.41, 5.74) is 1.22. The summed E-state index contributed by atoms with van der Waals surface area (Å²) in [5, 5.41) is 15.1. The minimum Gasteiger partial charge on any atom is -0.352 e. The summed E-state index contributed by atoms with van der Waals surface area (Å²) < 4.78 is 38.4. The highest BCUT2D eigenvalue weighted by Gasteiger charge is 2.31. The molecule has 22 heavy (non-hydrogen) atoms. The van der Waals surface area contributed by atoms with Gasteiger partial charge in [0.15, 0.2) is 0 Å². The Balaban J connectivity index is 2.97. The zero-order valence-corrected chi connectivity index (χ0v) is 13.0. The van der Waals surface area contributed by atoms with Crippen LogP contribution in [0.4, 0.5) is 13.2 Å². The van der Waals surface area contributed by atoms with Gasteiger partial charge in [0.05, 0.1) is 24.1 Å². The molecule has 1 aromatic rings. The fraction of sp³-hybridized carbons (Fsp3) is 0.643. The Kier molecular flexibility index (Phi) is 5.58. The molecule has 0 aromatic carbocycles. The van der Waals surface area contributed by atoms with Crippen molar-refractivity contribution in [3.8, 4) is 6.07 Å². The Morgan fingerprint density at radius 1 is 1.41 bits per heavy atom. The lowest BCUT2D eigenvalue weighted by Gasteiger charge is -2.16. The van der Waals surface area contributed by atoms with Crippen LogP contribution >= 0.6 is 0 Å². The van der Waals surface area contributed by atoms with Crippen molar-refractivity contribution in [2.75, 3.05) is 0 Å². The fourth-order valence-electron chi connectivity index (χ4n) is 2.35. The molecule has 0 aliphatic heterocycles. The molecule has 0 fully saturated rings. The van der Waals surface area contributed by atoms with Gasteiger partial charge < -0.3 is 5.32 Å². The molecule has 1 heterocycles. The predicted octanol–water partition coefficient (Wildman–Crippen LogP) is 2.58. The lowest BCUT2D eigenvalue weighted by Crippen LogP contribution is -2.35. The maximum absolute atomic E-state index is 12.5. The number of nitriles is 1. The zero-order chi connectivity index (χ0) is 17.1. The van der Waals surface area contributed by atoms with Gasteiger partial charge in [0.25, 0.3) is 0 Å². The molecule has 2 atom stereocenters. The maximum atomic E-state index is 12.5. The second-order valence-electron chi connectivity index (χ2n) is 5.35. The van der Waals surface area contributed by atoms with Crippen LogP contribution in [0.3, 0.4) is 0 Å². The molecule has 0 radical (unpaired) electrons. The number of carbonyl (C=O) groups is 1. The first kappa shape index (κ1) is 18.0. The second-order valence-corrected chi connectivity index (χ2v) is 5.35. The van der Waals surface area contributed by atoms with E-state index in [0.29, 0.717) is 17.0 Å². The standard InChI is InChI=1S/C14H19F3N4O/c1-8(5-6-18)19-13(22)9(2)12-10(3)20-21(11(12)4)7-14(15,16)17/h8-9H,5,7H2,1-4H3,(H,19,22)/t8-,9-/m1/s1. The summed E-state index contributed by atoms with van der Waals surface area (Å²) in [5.74, 6) is -0.969. The third-order valence-corrected chi connectivity index (χ3v) is 3.38. The first-order valence-corrected chi connectivity index (χ1v) is 6.84. The van der Waals surface area contributed by atoms with Crippen LogP contribution in [0.25, 0.3) is 0 Å². The van der Waals surface area contributed by atoms with Crippen LogP contribution in [0.2, 0.25) is 0 Å². The molecule has 5 nitrogen and oxygen atoms in total. The molecule has 1 rings (SSSR count). The van der Waals surface area contributed by atoms with Gasteiger partial charge in [0, 0.05) is 17.3 Å². The topological polar surface area (TPSA) is 70.7 Å². The molecule has 0 bridgehead atoms. The van der Waals surface area contributed by atoms with Crippen LogP contribution in [0.15, 0.2) is 0 Å². The van der Waals surface area contributed by atoms with E-state index >= 15 is 0 Å². The summed E-state index contributed by atoms with van der Waals surface area (Å²) in [6, 6.07) is 1.63. The summed E-state index contributed by atoms with van der Waals surface area (Å²) in [7, 11) is 0. The maximum Gasteiger partial charge on any atom is 0.408 e. The fourth-order valence-corrected chi connectivity index (χ4v) is 2.35. The van der Waals surface area contributed by atoms with Crippen molar-refractivity contribution in [1.29, 1.82) is 5.26 Å². The average molecular weight is 316 g/mol. The highest BCUT2D eigenvalue weighted by molar-refractivity contribution is 5.84. The van der Waals surface area contributed by atoms with Gasteiger partial charge in [0.2, 0.25) is 5.91 Å². The molecule has 1 N–H and O–H groups in total. The van der Waals surface area contributed by atoms with Crippen LogP contribution in [0, 0.1) is 25.2 Å². The van der Waals surface area contributed by atoms with Crippen LogP contribution in [0.1, 0.15) is 43.1 Å². The quantitative estimate of drug-likeness (QED) is 0.907. The van der Waals surface area contributed by atoms with Crippen molar-refractivity contribution >= 4 is 5.91 Å². The Morgan fingerprint density at radius 2 is 2.00 bits per heavy atom. The number of aryl methyl sites for hydroxylation is 1. The molecule has 0 aliphatic carbocycles. The molecule has 1 aromatic heterocycles. The molecule has 8 heteroatoms. The highest BCUT2D eigenvalue weighted by atomic mass is 19.4. The summed E-state index contributed by atoms with van der Waals surface area (Å²) in [6.45, 7) is 5.23. The molecule has 0 saturated heterocycles. The van der Waals surface area contributed by atoms with Gasteiger partial charge in [-0.2, -0.15) is 23.5 Å². The highest BCUT2D eigenvalue weighted by Crippen LogP contribution is 2.26. The van der Waals surface area contributed by atoms with Crippen molar-refractivity contribution in [3.05, 3.63) is 17.0 Å². The van der Waals surface area contributed by atoms with Gasteiger partial charge in [-0.3, -0.25) is 9.48 Å². The molecular weight excluding hydrogens is 297 g/mol. The lowest BCUT2D eigenvalue weighted by molar-refractivity contribution is -0.143. The van der Waals surface area contributed by atoms with Crippen LogP contribution in [0.5, 0.6) is 0 Å². The van der Waals surface area contributed by atoms with Crippen molar-refractivity contribution in [3.63, 3.8) is 0 Å². The number of hydrogen-bond donors (Lipinski definition) is 1. The van der Waals surface area contributed by atoms with E-state index in [9.17, 15) is 18.0 Å². The number of alkyl halides is 3. The number of nitrogens with zero attached hydrogens (tertiary/aromatic N) is 3. The number of hydrogen-bond acceptors (Lipinski definition) is 3. The number of carbonyl (C=O) groups excluding carboxylic acids is 1. The number of amides is 1. The third-order valence-electron chi connectivity index (χ3n) is 3.38. The summed E-state index contributed by atoms with van der Waals surface area (Å²) in [4.78, 5) is 12.1. The van der Waals surface area contributed by atoms with E-state index in [4.69, 9.17) is 5.26 Å². The molecule has 0 spiro atoms. The Bertz CT molecular complexity index is 586. The Labute approximate surface area is 127 Å². The summed E-state index contributed by atoms with van der Waals surface area (Å²) in [6.07, 6.45) is -4.20. The van der Waals surface area contributed by atoms with Crippen molar-refractivity contribution in [2.45, 2.75) is 58.8 Å². The zero-order valence-electron chi connectivity index (χ0n) is 13.0. The number of nitrogens with one attached hydrogen (secondary N) is 1. The van der Waals surface area contributed by atoms with Gasteiger partial charge in [-0.05, 0) is 27.7 Å². The van der Waals surface area contributed by atoms with Crippen LogP contribution < -0.4 is 5.32 Å². The van der Waals surface area contributed by atoms with Crippen molar-refractivity contribution in [2.24, 2.45) is 0 Å². The predicted molar refractivity (Wildman–Crippen MR) is 74.0 cm³/mol. The number of rotatable bonds is 5. The second kappa shape index (κ2) is 6.81. The van der Waals surface area contributed by atoms with E-state index in [2.05, 4.69) is 10.4 Å². The van der Waals surface area contributed by atoms with E-state index in [0.717, 1.165) is 4.68 Å². The largest absolute Gasteiger partial charge is 0.408 e. The third kappa shape index (κ3) is 4.48. The number of aromatic nitrogens is 2. The first-order valence-electron chi connectivity index (χ1n) is 6.84. The smallest absolute Gasteiger partial charge is 0.352 e. The average Bonchev–Trinajstić information content (AvgIpc) is 2.61. The minimum absolute atomic E-state index is 0.170. The van der Waals surface area contributed by atoms with Gasteiger partial charge in [-0.15, -0.1) is 0 Å². The SMILES string of the molecule is Cc1nn(CC(F)(F)F)c(C)c1[C@@H](C)C(=O)N[C@H](C)CC#N. The van der Waals surface area contributed by atoms with E-state index in [1.165, 1.54) is 6.92 Å². The molecule has 0 aliphatic rings. The monoisotopic (exact) mass is 316 g/mol. The van der Waals surface area contributed by atoms with Gasteiger partial charge in [-0.25, -0.2) is 0 Å². The van der Waals surface area contributed by atoms with Crippen LogP contribution in [-0.4, -0.2) is 27.9 Å². The number of halogens is 3. The molecule has 0 unspecified atom stereocenters. The van der Waals surface area contributed by atoms with E-state index < -0.39 is 18.6 Å². The van der Waals surface area contributed by atoms with E-state index in [1.54, 1.807) is 20.8 Å². The lowest BCUT2D eigenvalue weighted by atomic mass is 9.98. The minimum atomic E-state index is -4.37. The van der Waals surface area contributed by atoms with Gasteiger partial charge >= 0.3 is 6.18 Å².